The fourth-order valence-corrected chi connectivity index (χ4v) is 2.69. The lowest BCUT2D eigenvalue weighted by Crippen LogP contribution is -2.37. The maximum absolute atomic E-state index is 11.9. The predicted octanol–water partition coefficient (Wildman–Crippen LogP) is 2.61. The number of carbonyl (C=O) groups is 1. The highest BCUT2D eigenvalue weighted by Crippen LogP contribution is 2.38. The van der Waals surface area contributed by atoms with Crippen LogP contribution < -0.4 is 10.1 Å². The van der Waals surface area contributed by atoms with E-state index in [4.69, 9.17) is 4.74 Å². The Morgan fingerprint density at radius 3 is 2.91 bits per heavy atom. The molecule has 0 spiro atoms. The normalized spacial score (nSPS) is 17.2. The van der Waals surface area contributed by atoms with Crippen LogP contribution in [0.2, 0.25) is 0 Å². The van der Waals surface area contributed by atoms with Gasteiger partial charge in [0.1, 0.15) is 18.2 Å². The second kappa shape index (κ2) is 6.77. The summed E-state index contributed by atoms with van der Waals surface area (Å²) in [4.78, 5) is 20.0. The highest BCUT2D eigenvalue weighted by atomic mass is 16.5. The number of nitrogens with zero attached hydrogens (tertiary/aromatic N) is 2. The quantitative estimate of drug-likeness (QED) is 0.922. The van der Waals surface area contributed by atoms with E-state index in [1.807, 2.05) is 26.0 Å². The maximum atomic E-state index is 11.9. The zero-order valence-electron chi connectivity index (χ0n) is 13.5. The van der Waals surface area contributed by atoms with Gasteiger partial charge in [-0.15, -0.1) is 0 Å². The van der Waals surface area contributed by atoms with E-state index in [0.29, 0.717) is 6.54 Å². The van der Waals surface area contributed by atoms with Gasteiger partial charge in [0.05, 0.1) is 6.54 Å². The number of amides is 1. The number of aromatic nitrogens is 2. The van der Waals surface area contributed by atoms with Gasteiger partial charge >= 0.3 is 0 Å². The van der Waals surface area contributed by atoms with Gasteiger partial charge < -0.3 is 10.1 Å². The molecule has 2 aromatic rings. The first kappa shape index (κ1) is 15.5. The molecule has 1 aromatic carbocycles. The van der Waals surface area contributed by atoms with Crippen LogP contribution in [0, 0.1) is 5.92 Å². The molecule has 120 valence electrons. The summed E-state index contributed by atoms with van der Waals surface area (Å²) in [5.41, 5.74) is 3.10. The lowest BCUT2D eigenvalue weighted by Gasteiger charge is -2.15. The van der Waals surface area contributed by atoms with Crippen LogP contribution in [-0.4, -0.2) is 28.5 Å². The molecule has 23 heavy (non-hydrogen) atoms. The van der Waals surface area contributed by atoms with E-state index in [9.17, 15) is 4.79 Å². The van der Waals surface area contributed by atoms with Crippen molar-refractivity contribution in [1.82, 2.24) is 15.3 Å². The van der Waals surface area contributed by atoms with Crippen LogP contribution in [0.25, 0.3) is 11.1 Å². The Hall–Kier alpha value is -2.43. The largest absolute Gasteiger partial charge is 0.487 e. The van der Waals surface area contributed by atoms with Gasteiger partial charge in [-0.25, -0.2) is 9.97 Å². The van der Waals surface area contributed by atoms with Gasteiger partial charge in [0, 0.05) is 35.9 Å². The minimum atomic E-state index is -0.0243. The minimum absolute atomic E-state index is 0.0243. The third-order valence-electron chi connectivity index (χ3n) is 4.26. The third-order valence-corrected chi connectivity index (χ3v) is 4.26. The van der Waals surface area contributed by atoms with Crippen molar-refractivity contribution >= 4 is 5.91 Å². The summed E-state index contributed by atoms with van der Waals surface area (Å²) in [6.07, 6.45) is 6.70. The van der Waals surface area contributed by atoms with Gasteiger partial charge in [-0.1, -0.05) is 32.0 Å². The lowest BCUT2D eigenvalue weighted by atomic mass is 10.0. The summed E-state index contributed by atoms with van der Waals surface area (Å²) in [6.45, 7) is 4.48. The highest BCUT2D eigenvalue weighted by Gasteiger charge is 2.26. The lowest BCUT2D eigenvalue weighted by molar-refractivity contribution is -0.124. The van der Waals surface area contributed by atoms with Gasteiger partial charge in [-0.2, -0.15) is 0 Å². The molecule has 3 rings (SSSR count). The van der Waals surface area contributed by atoms with E-state index in [-0.39, 0.29) is 17.9 Å². The molecule has 0 fully saturated rings. The van der Waals surface area contributed by atoms with Gasteiger partial charge in [0.25, 0.3) is 0 Å². The molecule has 5 nitrogen and oxygen atoms in total. The monoisotopic (exact) mass is 311 g/mol. The van der Waals surface area contributed by atoms with Crippen molar-refractivity contribution in [2.45, 2.75) is 32.8 Å². The SMILES string of the molecule is CC[C@H](C)C(=O)NC[C@@H]1Cc2cccc(-c3cncnc3)c2O1. The Balaban J connectivity index is 1.71. The van der Waals surface area contributed by atoms with E-state index >= 15 is 0 Å². The number of fused-ring (bicyclic) bond motifs is 1. The van der Waals surface area contributed by atoms with Crippen LogP contribution in [0.15, 0.2) is 36.9 Å². The highest BCUT2D eigenvalue weighted by molar-refractivity contribution is 5.78. The molecule has 1 N–H and O–H groups in total. The van der Waals surface area contributed by atoms with Crippen LogP contribution in [0.4, 0.5) is 0 Å². The van der Waals surface area contributed by atoms with Crippen molar-refractivity contribution in [3.05, 3.63) is 42.5 Å². The first-order chi connectivity index (χ1) is 11.2. The van der Waals surface area contributed by atoms with Crippen molar-refractivity contribution in [2.24, 2.45) is 5.92 Å². The first-order valence-electron chi connectivity index (χ1n) is 8.00. The van der Waals surface area contributed by atoms with Crippen molar-refractivity contribution in [3.63, 3.8) is 0 Å². The van der Waals surface area contributed by atoms with Crippen molar-refractivity contribution < 1.29 is 9.53 Å². The van der Waals surface area contributed by atoms with Crippen LogP contribution >= 0.6 is 0 Å². The zero-order chi connectivity index (χ0) is 16.2. The Morgan fingerprint density at radius 1 is 1.39 bits per heavy atom. The van der Waals surface area contributed by atoms with E-state index in [2.05, 4.69) is 21.4 Å². The number of ether oxygens (including phenoxy) is 1. The molecule has 0 aliphatic carbocycles. The molecule has 2 atom stereocenters. The molecule has 1 aliphatic heterocycles. The molecule has 0 unspecified atom stereocenters. The Kier molecular flexibility index (Phi) is 4.55. The van der Waals surface area contributed by atoms with Crippen LogP contribution in [0.3, 0.4) is 0 Å². The maximum Gasteiger partial charge on any atom is 0.222 e. The summed E-state index contributed by atoms with van der Waals surface area (Å²) < 4.78 is 6.09. The fourth-order valence-electron chi connectivity index (χ4n) is 2.69. The molecule has 1 aliphatic rings. The number of hydrogen-bond donors (Lipinski definition) is 1. The molecular formula is C18H21N3O2. The summed E-state index contributed by atoms with van der Waals surface area (Å²) in [7, 11) is 0. The Labute approximate surface area is 136 Å². The van der Waals surface area contributed by atoms with E-state index in [1.54, 1.807) is 12.4 Å². The molecule has 0 saturated carbocycles. The summed E-state index contributed by atoms with van der Waals surface area (Å²) in [6, 6.07) is 6.10. The second-order valence-corrected chi connectivity index (χ2v) is 5.92. The second-order valence-electron chi connectivity index (χ2n) is 5.92. The van der Waals surface area contributed by atoms with Gasteiger partial charge in [0.2, 0.25) is 5.91 Å². The molecular weight excluding hydrogens is 290 g/mol. The molecule has 0 saturated heterocycles. The smallest absolute Gasteiger partial charge is 0.222 e. The Bertz CT molecular complexity index is 688. The summed E-state index contributed by atoms with van der Waals surface area (Å²) in [5.74, 6) is 1.00. The van der Waals surface area contributed by atoms with Gasteiger partial charge in [0.15, 0.2) is 0 Å². The van der Waals surface area contributed by atoms with Crippen LogP contribution in [-0.2, 0) is 11.2 Å². The molecule has 0 bridgehead atoms. The standard InChI is InChI=1S/C18H21N3O2/c1-3-12(2)18(22)21-10-15-7-13-5-4-6-16(17(13)23-15)14-8-19-11-20-9-14/h4-6,8-9,11-12,15H,3,7,10H2,1-2H3,(H,21,22)/t12-,15-/m0/s1. The van der Waals surface area contributed by atoms with Gasteiger partial charge in [-0.05, 0) is 12.0 Å². The molecule has 1 amide bonds. The van der Waals surface area contributed by atoms with E-state index in [0.717, 1.165) is 35.3 Å². The zero-order valence-corrected chi connectivity index (χ0v) is 13.5. The number of nitrogens with one attached hydrogen (secondary N) is 1. The van der Waals surface area contributed by atoms with Gasteiger partial charge in [-0.3, -0.25) is 4.79 Å². The average Bonchev–Trinajstić information content (AvgIpc) is 3.02. The average molecular weight is 311 g/mol. The summed E-state index contributed by atoms with van der Waals surface area (Å²) >= 11 is 0. The molecule has 2 heterocycles. The van der Waals surface area contributed by atoms with Crippen molar-refractivity contribution in [1.29, 1.82) is 0 Å². The number of carbonyl (C=O) groups excluding carboxylic acids is 1. The summed E-state index contributed by atoms with van der Waals surface area (Å²) in [5, 5.41) is 2.98. The van der Waals surface area contributed by atoms with Crippen molar-refractivity contribution in [3.8, 4) is 16.9 Å². The number of benzene rings is 1. The molecule has 5 heteroatoms. The van der Waals surface area contributed by atoms with Crippen LogP contribution in [0.5, 0.6) is 5.75 Å². The molecule has 1 aromatic heterocycles. The number of rotatable bonds is 5. The van der Waals surface area contributed by atoms with E-state index in [1.165, 1.54) is 6.33 Å². The van der Waals surface area contributed by atoms with E-state index < -0.39 is 0 Å². The first-order valence-corrected chi connectivity index (χ1v) is 8.00. The fraction of sp³-hybridized carbons (Fsp3) is 0.389. The van der Waals surface area contributed by atoms with Crippen LogP contribution in [0.1, 0.15) is 25.8 Å². The number of hydrogen-bond acceptors (Lipinski definition) is 4. The topological polar surface area (TPSA) is 64.1 Å². The molecule has 0 radical (unpaired) electrons. The number of para-hydroxylation sites is 1. The Morgan fingerprint density at radius 2 is 2.17 bits per heavy atom. The minimum Gasteiger partial charge on any atom is -0.487 e. The third kappa shape index (κ3) is 3.33. The predicted molar refractivity (Wildman–Crippen MR) is 88.1 cm³/mol. The van der Waals surface area contributed by atoms with Crippen molar-refractivity contribution in [2.75, 3.05) is 6.54 Å².